The minimum Gasteiger partial charge on any atom is -0.444 e. The normalized spacial score (nSPS) is 13.7. The summed E-state index contributed by atoms with van der Waals surface area (Å²) in [6, 6.07) is 7.78. The monoisotopic (exact) mass is 494 g/mol. The molecule has 0 unspecified atom stereocenters. The standard InChI is InChI=1S/C25H27FN6O4/c1-25(2,3)36-24(34)31-18-7-5-16(17-6-8-21(26)28-12-17)11-19(18)30-23(33)20-13-29-22(14-27-20)32-9-4-10-35-15-32/h5-8,11-14H,4,9-10,15H2,1-3H3,(H,30,33)(H,31,34). The van der Waals surface area contributed by atoms with E-state index in [-0.39, 0.29) is 5.69 Å². The van der Waals surface area contributed by atoms with Crippen molar-refractivity contribution in [1.82, 2.24) is 15.0 Å². The molecule has 3 heterocycles. The van der Waals surface area contributed by atoms with Gasteiger partial charge < -0.3 is 19.7 Å². The number of pyridine rings is 1. The molecular weight excluding hydrogens is 467 g/mol. The summed E-state index contributed by atoms with van der Waals surface area (Å²) in [5, 5.41) is 5.43. The molecule has 0 aliphatic carbocycles. The highest BCUT2D eigenvalue weighted by atomic mass is 19.1. The van der Waals surface area contributed by atoms with Crippen molar-refractivity contribution in [2.45, 2.75) is 32.8 Å². The maximum atomic E-state index is 13.3. The number of ether oxygens (including phenoxy) is 2. The molecule has 36 heavy (non-hydrogen) atoms. The Morgan fingerprint density at radius 3 is 2.44 bits per heavy atom. The summed E-state index contributed by atoms with van der Waals surface area (Å²) in [5.74, 6) is -0.511. The average molecular weight is 495 g/mol. The summed E-state index contributed by atoms with van der Waals surface area (Å²) in [4.78, 5) is 39.6. The van der Waals surface area contributed by atoms with Gasteiger partial charge in [0.1, 0.15) is 23.8 Å². The molecule has 1 aromatic carbocycles. The van der Waals surface area contributed by atoms with E-state index < -0.39 is 23.5 Å². The van der Waals surface area contributed by atoms with E-state index >= 15 is 0 Å². The number of nitrogens with one attached hydrogen (secondary N) is 2. The predicted molar refractivity (Wildman–Crippen MR) is 132 cm³/mol. The van der Waals surface area contributed by atoms with Gasteiger partial charge in [0, 0.05) is 18.3 Å². The molecule has 1 saturated heterocycles. The number of rotatable bonds is 5. The van der Waals surface area contributed by atoms with Crippen molar-refractivity contribution in [3.63, 3.8) is 0 Å². The number of amides is 2. The third-order valence-electron chi connectivity index (χ3n) is 5.12. The molecule has 188 valence electrons. The number of benzene rings is 1. The zero-order valence-corrected chi connectivity index (χ0v) is 20.2. The number of hydrogen-bond acceptors (Lipinski definition) is 8. The zero-order valence-electron chi connectivity index (χ0n) is 20.2. The van der Waals surface area contributed by atoms with Gasteiger partial charge in [0.2, 0.25) is 5.95 Å². The first-order chi connectivity index (χ1) is 17.2. The largest absolute Gasteiger partial charge is 0.444 e. The van der Waals surface area contributed by atoms with E-state index in [0.717, 1.165) is 13.0 Å². The van der Waals surface area contributed by atoms with Crippen LogP contribution in [0.1, 0.15) is 37.7 Å². The number of hydrogen-bond donors (Lipinski definition) is 2. The van der Waals surface area contributed by atoms with Crippen LogP contribution >= 0.6 is 0 Å². The first-order valence-corrected chi connectivity index (χ1v) is 11.4. The van der Waals surface area contributed by atoms with Gasteiger partial charge in [-0.25, -0.2) is 19.7 Å². The molecule has 4 rings (SSSR count). The summed E-state index contributed by atoms with van der Waals surface area (Å²) in [6.45, 7) is 7.17. The SMILES string of the molecule is CC(C)(C)OC(=O)Nc1ccc(-c2ccc(F)nc2)cc1NC(=O)c1cnc(N2CCCOC2)cn1. The van der Waals surface area contributed by atoms with Crippen LogP contribution in [-0.2, 0) is 9.47 Å². The van der Waals surface area contributed by atoms with Gasteiger partial charge in [0.25, 0.3) is 5.91 Å². The lowest BCUT2D eigenvalue weighted by Crippen LogP contribution is -2.33. The maximum absolute atomic E-state index is 13.3. The predicted octanol–water partition coefficient (Wildman–Crippen LogP) is 4.46. The molecule has 11 heteroatoms. The summed E-state index contributed by atoms with van der Waals surface area (Å²) in [7, 11) is 0. The Morgan fingerprint density at radius 1 is 1.00 bits per heavy atom. The number of halogens is 1. The fourth-order valence-electron chi connectivity index (χ4n) is 3.46. The third-order valence-corrected chi connectivity index (χ3v) is 5.12. The van der Waals surface area contributed by atoms with Crippen LogP contribution in [0.3, 0.4) is 0 Å². The first-order valence-electron chi connectivity index (χ1n) is 11.4. The first kappa shape index (κ1) is 25.0. The maximum Gasteiger partial charge on any atom is 0.412 e. The second kappa shape index (κ2) is 10.6. The lowest BCUT2D eigenvalue weighted by Gasteiger charge is -2.27. The highest BCUT2D eigenvalue weighted by Crippen LogP contribution is 2.30. The molecule has 1 aliphatic heterocycles. The van der Waals surface area contributed by atoms with Crippen LogP contribution in [0.5, 0.6) is 0 Å². The van der Waals surface area contributed by atoms with Crippen molar-refractivity contribution in [3.05, 3.63) is 60.6 Å². The number of anilines is 3. The molecule has 0 atom stereocenters. The fourth-order valence-corrected chi connectivity index (χ4v) is 3.46. The van der Waals surface area contributed by atoms with Gasteiger partial charge in [-0.1, -0.05) is 6.07 Å². The zero-order chi connectivity index (χ0) is 25.7. The van der Waals surface area contributed by atoms with Crippen LogP contribution in [-0.4, -0.2) is 52.4 Å². The van der Waals surface area contributed by atoms with Gasteiger partial charge in [-0.3, -0.25) is 10.1 Å². The quantitative estimate of drug-likeness (QED) is 0.499. The Labute approximate surface area is 207 Å². The topological polar surface area (TPSA) is 119 Å². The molecule has 0 spiro atoms. The summed E-state index contributed by atoms with van der Waals surface area (Å²) < 4.78 is 24.0. The van der Waals surface area contributed by atoms with Crippen LogP contribution in [0.15, 0.2) is 48.9 Å². The Morgan fingerprint density at radius 2 is 1.81 bits per heavy atom. The molecule has 3 aromatic rings. The second-order valence-electron chi connectivity index (χ2n) is 9.13. The average Bonchev–Trinajstić information content (AvgIpc) is 2.85. The number of aromatic nitrogens is 3. The molecule has 1 aliphatic rings. The summed E-state index contributed by atoms with van der Waals surface area (Å²) >= 11 is 0. The molecule has 1 fully saturated rings. The van der Waals surface area contributed by atoms with Gasteiger partial charge in [-0.05, 0) is 57.0 Å². The van der Waals surface area contributed by atoms with E-state index in [1.165, 1.54) is 24.7 Å². The van der Waals surface area contributed by atoms with Crippen LogP contribution in [0.2, 0.25) is 0 Å². The Hall–Kier alpha value is -4.12. The van der Waals surface area contributed by atoms with Crippen molar-refractivity contribution in [2.24, 2.45) is 0 Å². The van der Waals surface area contributed by atoms with E-state index in [4.69, 9.17) is 9.47 Å². The number of carbonyl (C=O) groups is 2. The van der Waals surface area contributed by atoms with E-state index in [0.29, 0.717) is 41.7 Å². The van der Waals surface area contributed by atoms with Crippen molar-refractivity contribution in [3.8, 4) is 11.1 Å². The van der Waals surface area contributed by atoms with E-state index in [1.54, 1.807) is 45.0 Å². The number of carbonyl (C=O) groups excluding carboxylic acids is 2. The van der Waals surface area contributed by atoms with E-state index in [1.807, 2.05) is 4.90 Å². The van der Waals surface area contributed by atoms with Gasteiger partial charge in [0.05, 0.1) is 30.4 Å². The van der Waals surface area contributed by atoms with Crippen molar-refractivity contribution in [2.75, 3.05) is 35.4 Å². The van der Waals surface area contributed by atoms with Gasteiger partial charge in [-0.15, -0.1) is 0 Å². The molecule has 0 radical (unpaired) electrons. The molecule has 2 N–H and O–H groups in total. The molecular formula is C25H27FN6O4. The van der Waals surface area contributed by atoms with Crippen LogP contribution in [0, 0.1) is 5.95 Å². The molecule has 2 aromatic heterocycles. The van der Waals surface area contributed by atoms with E-state index in [2.05, 4.69) is 25.6 Å². The highest BCUT2D eigenvalue weighted by molar-refractivity contribution is 6.06. The summed E-state index contributed by atoms with van der Waals surface area (Å²) in [6.07, 6.45) is 4.49. The second-order valence-corrected chi connectivity index (χ2v) is 9.13. The third kappa shape index (κ3) is 6.51. The Bertz CT molecular complexity index is 1220. The minimum absolute atomic E-state index is 0.0914. The van der Waals surface area contributed by atoms with E-state index in [9.17, 15) is 14.0 Å². The van der Waals surface area contributed by atoms with Crippen LogP contribution in [0.25, 0.3) is 11.1 Å². The van der Waals surface area contributed by atoms with Crippen molar-refractivity contribution < 1.29 is 23.5 Å². The van der Waals surface area contributed by atoms with Crippen LogP contribution in [0.4, 0.5) is 26.4 Å². The smallest absolute Gasteiger partial charge is 0.412 e. The Balaban J connectivity index is 1.57. The van der Waals surface area contributed by atoms with Gasteiger partial charge in [0.15, 0.2) is 0 Å². The lowest BCUT2D eigenvalue weighted by atomic mass is 10.1. The lowest BCUT2D eigenvalue weighted by molar-refractivity contribution is 0.0635. The molecule has 10 nitrogen and oxygen atoms in total. The minimum atomic E-state index is -0.704. The van der Waals surface area contributed by atoms with Crippen molar-refractivity contribution >= 4 is 29.2 Å². The highest BCUT2D eigenvalue weighted by Gasteiger charge is 2.20. The van der Waals surface area contributed by atoms with Crippen LogP contribution < -0.4 is 15.5 Å². The molecule has 2 amide bonds. The number of nitrogens with zero attached hydrogens (tertiary/aromatic N) is 4. The van der Waals surface area contributed by atoms with Gasteiger partial charge in [-0.2, -0.15) is 4.39 Å². The van der Waals surface area contributed by atoms with Gasteiger partial charge >= 0.3 is 6.09 Å². The molecule has 0 saturated carbocycles. The Kier molecular flexibility index (Phi) is 7.39. The fraction of sp³-hybridized carbons (Fsp3) is 0.320. The summed E-state index contributed by atoms with van der Waals surface area (Å²) in [5.41, 5.74) is 1.27. The molecule has 0 bridgehead atoms. The van der Waals surface area contributed by atoms with Crippen molar-refractivity contribution in [1.29, 1.82) is 0 Å².